The summed E-state index contributed by atoms with van der Waals surface area (Å²) in [6.07, 6.45) is 1.32. The largest absolute Gasteiger partial charge is 0.489 e. The van der Waals surface area contributed by atoms with Crippen molar-refractivity contribution in [2.24, 2.45) is 0 Å². The van der Waals surface area contributed by atoms with Gasteiger partial charge in [0.15, 0.2) is 5.57 Å². The van der Waals surface area contributed by atoms with Gasteiger partial charge in [0.05, 0.1) is 6.61 Å². The normalized spacial score (nSPS) is 10.4. The van der Waals surface area contributed by atoms with Crippen LogP contribution in [0.3, 0.4) is 0 Å². The summed E-state index contributed by atoms with van der Waals surface area (Å²) in [4.78, 5) is 11.5. The van der Waals surface area contributed by atoms with E-state index in [-0.39, 0.29) is 12.2 Å². The van der Waals surface area contributed by atoms with E-state index < -0.39 is 5.97 Å². The van der Waals surface area contributed by atoms with Crippen LogP contribution >= 0.6 is 0 Å². The average molecular weight is 286 g/mol. The summed E-state index contributed by atoms with van der Waals surface area (Å²) in [6, 6.07) is 8.97. The summed E-state index contributed by atoms with van der Waals surface area (Å²) in [7, 11) is 0. The maximum atomic E-state index is 11.5. The van der Waals surface area contributed by atoms with Gasteiger partial charge in [-0.05, 0) is 31.6 Å². The van der Waals surface area contributed by atoms with Crippen molar-refractivity contribution in [3.05, 3.63) is 48.2 Å². The molecule has 5 heteroatoms. The van der Waals surface area contributed by atoms with Crippen LogP contribution < -0.4 is 10.1 Å². The molecule has 0 aliphatic rings. The van der Waals surface area contributed by atoms with E-state index in [1.165, 1.54) is 6.20 Å². The van der Waals surface area contributed by atoms with Crippen molar-refractivity contribution >= 4 is 11.7 Å². The van der Waals surface area contributed by atoms with Crippen LogP contribution in [0.15, 0.2) is 48.2 Å². The first-order valence-electron chi connectivity index (χ1n) is 6.48. The molecule has 110 valence electrons. The summed E-state index contributed by atoms with van der Waals surface area (Å²) < 4.78 is 10.3. The Bertz CT molecular complexity index is 585. The number of benzene rings is 1. The number of ether oxygens (including phenoxy) is 2. The van der Waals surface area contributed by atoms with Gasteiger partial charge in [-0.1, -0.05) is 12.6 Å². The molecule has 0 aromatic heterocycles. The van der Waals surface area contributed by atoms with Gasteiger partial charge in [-0.15, -0.1) is 0 Å². The van der Waals surface area contributed by atoms with Gasteiger partial charge in [0.25, 0.3) is 0 Å². The van der Waals surface area contributed by atoms with Crippen LogP contribution in [0.5, 0.6) is 5.75 Å². The van der Waals surface area contributed by atoms with E-state index in [0.29, 0.717) is 18.0 Å². The van der Waals surface area contributed by atoms with Gasteiger partial charge < -0.3 is 14.8 Å². The number of anilines is 1. The lowest BCUT2D eigenvalue weighted by molar-refractivity contribution is -0.138. The minimum atomic E-state index is -0.651. The molecule has 0 amide bonds. The van der Waals surface area contributed by atoms with Crippen LogP contribution in [-0.4, -0.2) is 19.2 Å². The lowest BCUT2D eigenvalue weighted by Gasteiger charge is -2.08. The van der Waals surface area contributed by atoms with E-state index in [4.69, 9.17) is 14.7 Å². The molecule has 0 fully saturated rings. The molecule has 0 aliphatic heterocycles. The first-order chi connectivity index (χ1) is 10.1. The average Bonchev–Trinajstić information content (AvgIpc) is 2.46. The highest BCUT2D eigenvalue weighted by Gasteiger charge is 2.09. The van der Waals surface area contributed by atoms with Crippen LogP contribution in [-0.2, 0) is 9.53 Å². The molecule has 5 nitrogen and oxygen atoms in total. The molecule has 21 heavy (non-hydrogen) atoms. The number of nitriles is 1. The van der Waals surface area contributed by atoms with E-state index >= 15 is 0 Å². The Kier molecular flexibility index (Phi) is 6.55. The van der Waals surface area contributed by atoms with Gasteiger partial charge >= 0.3 is 5.97 Å². The fourth-order valence-corrected chi connectivity index (χ4v) is 1.38. The number of hydrogen-bond acceptors (Lipinski definition) is 5. The minimum absolute atomic E-state index is 0.0925. The Morgan fingerprint density at radius 2 is 2.29 bits per heavy atom. The Labute approximate surface area is 124 Å². The molecule has 0 bridgehead atoms. The SMILES string of the molecule is C=C(C)COc1cccc(N/C=C(/C#N)C(=O)OCC)c1. The predicted octanol–water partition coefficient (Wildman–Crippen LogP) is 3.02. The molecule has 1 rings (SSSR count). The highest BCUT2D eigenvalue weighted by molar-refractivity contribution is 5.93. The van der Waals surface area contributed by atoms with E-state index in [9.17, 15) is 4.79 Å². The van der Waals surface area contributed by atoms with Crippen molar-refractivity contribution < 1.29 is 14.3 Å². The predicted molar refractivity (Wildman–Crippen MR) is 80.7 cm³/mol. The standard InChI is InChI=1S/C16H18N2O3/c1-4-20-16(19)13(9-17)10-18-14-6-5-7-15(8-14)21-11-12(2)3/h5-8,10,18H,2,4,11H2,1,3H3/b13-10-. The van der Waals surface area contributed by atoms with E-state index in [0.717, 1.165) is 5.57 Å². The van der Waals surface area contributed by atoms with Crippen molar-refractivity contribution in [3.8, 4) is 11.8 Å². The molecule has 0 heterocycles. The number of carbonyl (C=O) groups excluding carboxylic acids is 1. The zero-order valence-corrected chi connectivity index (χ0v) is 12.2. The second-order valence-electron chi connectivity index (χ2n) is 4.31. The number of rotatable bonds is 7. The Morgan fingerprint density at radius 1 is 1.52 bits per heavy atom. The third kappa shape index (κ3) is 5.83. The summed E-state index contributed by atoms with van der Waals surface area (Å²) >= 11 is 0. The lowest BCUT2D eigenvalue weighted by atomic mass is 10.3. The highest BCUT2D eigenvalue weighted by Crippen LogP contribution is 2.18. The third-order valence-electron chi connectivity index (χ3n) is 2.32. The molecule has 0 saturated carbocycles. The van der Waals surface area contributed by atoms with Gasteiger partial charge in [-0.3, -0.25) is 0 Å². The van der Waals surface area contributed by atoms with Crippen LogP contribution in [0.4, 0.5) is 5.69 Å². The summed E-state index contributed by atoms with van der Waals surface area (Å²) in [5.41, 5.74) is 1.53. The Morgan fingerprint density at radius 3 is 2.90 bits per heavy atom. The number of carbonyl (C=O) groups is 1. The monoisotopic (exact) mass is 286 g/mol. The van der Waals surface area contributed by atoms with Crippen molar-refractivity contribution in [2.75, 3.05) is 18.5 Å². The van der Waals surface area contributed by atoms with Crippen LogP contribution in [0.2, 0.25) is 0 Å². The van der Waals surface area contributed by atoms with Gasteiger partial charge in [-0.2, -0.15) is 5.26 Å². The molecule has 0 saturated heterocycles. The van der Waals surface area contributed by atoms with Crippen molar-refractivity contribution in [2.45, 2.75) is 13.8 Å². The smallest absolute Gasteiger partial charge is 0.350 e. The molecule has 1 N–H and O–H groups in total. The molecule has 0 spiro atoms. The van der Waals surface area contributed by atoms with E-state index in [2.05, 4.69) is 11.9 Å². The molecular weight excluding hydrogens is 268 g/mol. The van der Waals surface area contributed by atoms with Crippen LogP contribution in [0.1, 0.15) is 13.8 Å². The van der Waals surface area contributed by atoms with Crippen molar-refractivity contribution in [3.63, 3.8) is 0 Å². The van der Waals surface area contributed by atoms with Gasteiger partial charge in [-0.25, -0.2) is 4.79 Å². The summed E-state index contributed by atoms with van der Waals surface area (Å²) in [6.45, 7) is 7.98. The maximum absolute atomic E-state index is 11.5. The summed E-state index contributed by atoms with van der Waals surface area (Å²) in [5, 5.41) is 11.8. The minimum Gasteiger partial charge on any atom is -0.489 e. The van der Waals surface area contributed by atoms with Crippen molar-refractivity contribution in [1.29, 1.82) is 5.26 Å². The molecule has 0 atom stereocenters. The molecule has 0 aliphatic carbocycles. The number of nitrogens with zero attached hydrogens (tertiary/aromatic N) is 1. The Balaban J connectivity index is 2.74. The number of nitrogens with one attached hydrogen (secondary N) is 1. The van der Waals surface area contributed by atoms with Gasteiger partial charge in [0.1, 0.15) is 18.4 Å². The molecule has 1 aromatic carbocycles. The highest BCUT2D eigenvalue weighted by atomic mass is 16.5. The van der Waals surface area contributed by atoms with Crippen LogP contribution in [0, 0.1) is 11.3 Å². The zero-order valence-electron chi connectivity index (χ0n) is 12.2. The van der Waals surface area contributed by atoms with Crippen molar-refractivity contribution in [1.82, 2.24) is 0 Å². The maximum Gasteiger partial charge on any atom is 0.350 e. The number of esters is 1. The summed E-state index contributed by atoms with van der Waals surface area (Å²) in [5.74, 6) is 0.0215. The fourth-order valence-electron chi connectivity index (χ4n) is 1.38. The van der Waals surface area contributed by atoms with E-state index in [1.807, 2.05) is 13.0 Å². The number of hydrogen-bond donors (Lipinski definition) is 1. The molecule has 0 radical (unpaired) electrons. The van der Waals surface area contributed by atoms with Crippen LogP contribution in [0.25, 0.3) is 0 Å². The third-order valence-corrected chi connectivity index (χ3v) is 2.32. The molecule has 0 unspecified atom stereocenters. The van der Waals surface area contributed by atoms with E-state index in [1.54, 1.807) is 31.2 Å². The first kappa shape index (κ1) is 16.3. The topological polar surface area (TPSA) is 71.3 Å². The molecular formula is C16H18N2O3. The van der Waals surface area contributed by atoms with Gasteiger partial charge in [0, 0.05) is 18.0 Å². The molecule has 1 aromatic rings. The quantitative estimate of drug-likeness (QED) is 0.361. The lowest BCUT2D eigenvalue weighted by Crippen LogP contribution is -2.07. The zero-order chi connectivity index (χ0) is 15.7. The fraction of sp³-hybridized carbons (Fsp3) is 0.250. The second kappa shape index (κ2) is 8.43. The van der Waals surface area contributed by atoms with Gasteiger partial charge in [0.2, 0.25) is 0 Å². The second-order valence-corrected chi connectivity index (χ2v) is 4.31. The Hall–Kier alpha value is -2.74. The first-order valence-corrected chi connectivity index (χ1v) is 6.48.